The van der Waals surface area contributed by atoms with Gasteiger partial charge in [0, 0.05) is 19.1 Å². The standard InChI is InChI=1S/C16H22ClN7O/c1-16(2)9-23(6-5-14(16)18)8-15(25)20-13-7-11(3-4-12(13)17)24-10-19-21-22-24/h3-4,7,10,14H,5-6,8-9,18H2,1-2H3,(H,20,25). The van der Waals surface area contributed by atoms with E-state index in [9.17, 15) is 4.79 Å². The summed E-state index contributed by atoms with van der Waals surface area (Å²) in [6, 6.07) is 5.39. The van der Waals surface area contributed by atoms with E-state index in [4.69, 9.17) is 17.3 Å². The molecule has 134 valence electrons. The molecule has 1 unspecified atom stereocenters. The zero-order chi connectivity index (χ0) is 18.0. The number of nitrogens with two attached hydrogens (primary N) is 1. The second-order valence-corrected chi connectivity index (χ2v) is 7.47. The molecule has 25 heavy (non-hydrogen) atoms. The molecule has 1 aromatic carbocycles. The lowest BCUT2D eigenvalue weighted by molar-refractivity contribution is -0.118. The first-order valence-electron chi connectivity index (χ1n) is 8.16. The van der Waals surface area contributed by atoms with Gasteiger partial charge < -0.3 is 11.1 Å². The van der Waals surface area contributed by atoms with Crippen molar-refractivity contribution in [2.24, 2.45) is 11.1 Å². The van der Waals surface area contributed by atoms with Crippen LogP contribution in [-0.2, 0) is 4.79 Å². The summed E-state index contributed by atoms with van der Waals surface area (Å²) in [5, 5.41) is 14.4. The Morgan fingerprint density at radius 2 is 2.28 bits per heavy atom. The molecule has 0 radical (unpaired) electrons. The van der Waals surface area contributed by atoms with Crippen molar-refractivity contribution in [1.29, 1.82) is 0 Å². The van der Waals surface area contributed by atoms with Crippen molar-refractivity contribution in [1.82, 2.24) is 25.1 Å². The van der Waals surface area contributed by atoms with Crippen LogP contribution in [0.15, 0.2) is 24.5 Å². The number of tetrazole rings is 1. The average molecular weight is 364 g/mol. The SMILES string of the molecule is CC1(C)CN(CC(=O)Nc2cc(-n3cnnn3)ccc2Cl)CCC1N. The number of amides is 1. The summed E-state index contributed by atoms with van der Waals surface area (Å²) in [5.74, 6) is -0.109. The number of hydrogen-bond acceptors (Lipinski definition) is 6. The van der Waals surface area contributed by atoms with Crippen LogP contribution in [0.3, 0.4) is 0 Å². The Labute approximate surface area is 151 Å². The van der Waals surface area contributed by atoms with E-state index in [1.165, 1.54) is 11.0 Å². The van der Waals surface area contributed by atoms with Crippen LogP contribution in [-0.4, -0.2) is 56.7 Å². The lowest BCUT2D eigenvalue weighted by atomic mass is 9.80. The number of anilines is 1. The van der Waals surface area contributed by atoms with E-state index in [0.29, 0.717) is 17.3 Å². The van der Waals surface area contributed by atoms with Crippen molar-refractivity contribution >= 4 is 23.2 Å². The van der Waals surface area contributed by atoms with Gasteiger partial charge in [0.2, 0.25) is 5.91 Å². The van der Waals surface area contributed by atoms with Gasteiger partial charge in [-0.25, -0.2) is 4.68 Å². The first-order valence-corrected chi connectivity index (χ1v) is 8.54. The monoisotopic (exact) mass is 363 g/mol. The molecule has 1 aliphatic rings. The van der Waals surface area contributed by atoms with Crippen LogP contribution in [0.2, 0.25) is 5.02 Å². The Morgan fingerprint density at radius 3 is 2.96 bits per heavy atom. The zero-order valence-electron chi connectivity index (χ0n) is 14.3. The lowest BCUT2D eigenvalue weighted by Gasteiger charge is -2.42. The Hall–Kier alpha value is -2.03. The molecule has 1 atom stereocenters. The molecule has 2 aromatic rings. The smallest absolute Gasteiger partial charge is 0.238 e. The third-order valence-electron chi connectivity index (χ3n) is 4.60. The van der Waals surface area contributed by atoms with Crippen LogP contribution in [0, 0.1) is 5.41 Å². The molecule has 3 rings (SSSR count). The molecule has 2 heterocycles. The van der Waals surface area contributed by atoms with E-state index in [-0.39, 0.29) is 17.4 Å². The molecule has 1 aromatic heterocycles. The van der Waals surface area contributed by atoms with Gasteiger partial charge in [-0.3, -0.25) is 9.69 Å². The van der Waals surface area contributed by atoms with E-state index < -0.39 is 0 Å². The molecule has 0 saturated carbocycles. The minimum atomic E-state index is -0.109. The molecule has 1 aliphatic heterocycles. The van der Waals surface area contributed by atoms with Crippen molar-refractivity contribution in [3.05, 3.63) is 29.5 Å². The minimum absolute atomic E-state index is 0.00379. The second-order valence-electron chi connectivity index (χ2n) is 7.06. The third kappa shape index (κ3) is 4.15. The van der Waals surface area contributed by atoms with Crippen molar-refractivity contribution in [2.75, 3.05) is 25.0 Å². The molecule has 1 fully saturated rings. The fourth-order valence-corrected chi connectivity index (χ4v) is 3.21. The number of carbonyl (C=O) groups is 1. The van der Waals surface area contributed by atoms with Crippen molar-refractivity contribution in [2.45, 2.75) is 26.3 Å². The minimum Gasteiger partial charge on any atom is -0.327 e. The average Bonchev–Trinajstić information content (AvgIpc) is 3.07. The van der Waals surface area contributed by atoms with Gasteiger partial charge in [-0.15, -0.1) is 5.10 Å². The first kappa shape index (κ1) is 17.8. The highest BCUT2D eigenvalue weighted by Crippen LogP contribution is 2.28. The molecular formula is C16H22ClN7O. The molecule has 1 saturated heterocycles. The van der Waals surface area contributed by atoms with E-state index in [1.807, 2.05) is 0 Å². The number of likely N-dealkylation sites (tertiary alicyclic amines) is 1. The molecule has 0 aliphatic carbocycles. The number of aromatic nitrogens is 4. The highest BCUT2D eigenvalue weighted by atomic mass is 35.5. The normalized spacial score (nSPS) is 20.4. The van der Waals surface area contributed by atoms with E-state index >= 15 is 0 Å². The first-order chi connectivity index (χ1) is 11.8. The van der Waals surface area contributed by atoms with Gasteiger partial charge >= 0.3 is 0 Å². The molecule has 8 nitrogen and oxygen atoms in total. The molecule has 3 N–H and O–H groups in total. The van der Waals surface area contributed by atoms with Crippen LogP contribution in [0.25, 0.3) is 5.69 Å². The highest BCUT2D eigenvalue weighted by Gasteiger charge is 2.33. The predicted molar refractivity (Wildman–Crippen MR) is 95.6 cm³/mol. The summed E-state index contributed by atoms with van der Waals surface area (Å²) in [6.45, 7) is 6.18. The summed E-state index contributed by atoms with van der Waals surface area (Å²) in [6.07, 6.45) is 2.36. The van der Waals surface area contributed by atoms with E-state index in [1.54, 1.807) is 18.2 Å². The van der Waals surface area contributed by atoms with Gasteiger partial charge in [-0.1, -0.05) is 25.4 Å². The zero-order valence-corrected chi connectivity index (χ0v) is 15.1. The number of benzene rings is 1. The van der Waals surface area contributed by atoms with Gasteiger partial charge in [0.05, 0.1) is 22.9 Å². The van der Waals surface area contributed by atoms with Crippen LogP contribution >= 0.6 is 11.6 Å². The number of nitrogens with zero attached hydrogens (tertiary/aromatic N) is 5. The number of carbonyl (C=O) groups excluding carboxylic acids is 1. The van der Waals surface area contributed by atoms with Crippen LogP contribution < -0.4 is 11.1 Å². The number of rotatable bonds is 4. The van der Waals surface area contributed by atoms with Gasteiger partial charge in [-0.2, -0.15) is 0 Å². The Morgan fingerprint density at radius 1 is 1.48 bits per heavy atom. The summed E-state index contributed by atoms with van der Waals surface area (Å²) in [5.41, 5.74) is 7.40. The summed E-state index contributed by atoms with van der Waals surface area (Å²) < 4.78 is 1.50. The summed E-state index contributed by atoms with van der Waals surface area (Å²) in [7, 11) is 0. The maximum absolute atomic E-state index is 12.4. The Bertz CT molecular complexity index is 747. The number of piperidine rings is 1. The largest absolute Gasteiger partial charge is 0.327 e. The van der Waals surface area contributed by atoms with Gasteiger partial charge in [0.15, 0.2) is 0 Å². The molecule has 1 amide bonds. The third-order valence-corrected chi connectivity index (χ3v) is 4.93. The summed E-state index contributed by atoms with van der Waals surface area (Å²) in [4.78, 5) is 14.6. The number of halogens is 1. The van der Waals surface area contributed by atoms with Gasteiger partial charge in [0.1, 0.15) is 6.33 Å². The number of nitrogens with one attached hydrogen (secondary N) is 1. The quantitative estimate of drug-likeness (QED) is 0.849. The highest BCUT2D eigenvalue weighted by molar-refractivity contribution is 6.33. The maximum Gasteiger partial charge on any atom is 0.238 e. The van der Waals surface area contributed by atoms with Crippen molar-refractivity contribution in [3.8, 4) is 5.69 Å². The Balaban J connectivity index is 1.66. The van der Waals surface area contributed by atoms with E-state index in [0.717, 1.165) is 25.2 Å². The van der Waals surface area contributed by atoms with Crippen molar-refractivity contribution in [3.63, 3.8) is 0 Å². The van der Waals surface area contributed by atoms with Crippen molar-refractivity contribution < 1.29 is 4.79 Å². The topological polar surface area (TPSA) is 102 Å². The maximum atomic E-state index is 12.4. The van der Waals surface area contributed by atoms with Crippen LogP contribution in [0.4, 0.5) is 5.69 Å². The predicted octanol–water partition coefficient (Wildman–Crippen LogP) is 1.31. The number of hydrogen-bond donors (Lipinski definition) is 2. The molecular weight excluding hydrogens is 342 g/mol. The molecule has 9 heteroatoms. The fraction of sp³-hybridized carbons (Fsp3) is 0.500. The fourth-order valence-electron chi connectivity index (χ4n) is 3.04. The molecule has 0 spiro atoms. The van der Waals surface area contributed by atoms with Gasteiger partial charge in [0.25, 0.3) is 0 Å². The summed E-state index contributed by atoms with van der Waals surface area (Å²) >= 11 is 6.20. The second kappa shape index (κ2) is 7.07. The van der Waals surface area contributed by atoms with E-state index in [2.05, 4.69) is 39.6 Å². The van der Waals surface area contributed by atoms with Crippen LogP contribution in [0.5, 0.6) is 0 Å². The molecule has 0 bridgehead atoms. The lowest BCUT2D eigenvalue weighted by Crippen LogP contribution is -2.53. The Kier molecular flexibility index (Phi) is 5.03. The van der Waals surface area contributed by atoms with Crippen LogP contribution in [0.1, 0.15) is 20.3 Å². The van der Waals surface area contributed by atoms with Gasteiger partial charge in [-0.05, 0) is 40.5 Å².